The van der Waals surface area contributed by atoms with Gasteiger partial charge in [0.2, 0.25) is 5.91 Å². The number of amides is 1. The number of aliphatic hydroxyl groups is 1. The fraction of sp³-hybridized carbons (Fsp3) is 0.673. The summed E-state index contributed by atoms with van der Waals surface area (Å²) in [5, 5.41) is 13.8. The molecule has 8 nitrogen and oxygen atoms in total. The van der Waals surface area contributed by atoms with Crippen LogP contribution in [0, 0.1) is 0 Å². The van der Waals surface area contributed by atoms with E-state index in [0.29, 0.717) is 23.9 Å². The summed E-state index contributed by atoms with van der Waals surface area (Å²) in [5.41, 5.74) is 0. The summed E-state index contributed by atoms with van der Waals surface area (Å²) in [7, 11) is 1.27. The highest BCUT2D eigenvalue weighted by atomic mass is 31.2. The quantitative estimate of drug-likeness (QED) is 0.0274. The highest BCUT2D eigenvalue weighted by Gasteiger charge is 2.24. The molecule has 0 fully saturated rings. The van der Waals surface area contributed by atoms with Gasteiger partial charge in [-0.15, -0.1) is 0 Å². The van der Waals surface area contributed by atoms with Gasteiger partial charge >= 0.3 is 0 Å². The van der Waals surface area contributed by atoms with E-state index in [0.717, 1.165) is 103 Å². The van der Waals surface area contributed by atoms with E-state index in [2.05, 4.69) is 116 Å². The lowest BCUT2D eigenvalue weighted by Crippen LogP contribution is -2.46. The molecule has 0 spiro atoms. The van der Waals surface area contributed by atoms with Gasteiger partial charge in [-0.05, 0) is 77.0 Å². The maximum atomic E-state index is 12.8. The molecule has 1 amide bonds. The van der Waals surface area contributed by atoms with E-state index in [-0.39, 0.29) is 19.1 Å². The van der Waals surface area contributed by atoms with Crippen LogP contribution in [0.5, 0.6) is 0 Å². The van der Waals surface area contributed by atoms with Crippen LogP contribution in [0.3, 0.4) is 0 Å². The van der Waals surface area contributed by atoms with E-state index in [9.17, 15) is 19.4 Å². The van der Waals surface area contributed by atoms with Gasteiger partial charge in [-0.2, -0.15) is 0 Å². The lowest BCUT2D eigenvalue weighted by atomic mass is 10.0. The smallest absolute Gasteiger partial charge is 0.268 e. The molecule has 0 aromatic rings. The number of allylic oxidation sites excluding steroid dienone is 16. The Balaban J connectivity index is 4.16. The van der Waals surface area contributed by atoms with Gasteiger partial charge in [-0.25, -0.2) is 0 Å². The third-order valence-electron chi connectivity index (χ3n) is 10.1. The normalized spacial score (nSPS) is 15.1. The number of carbonyl (C=O) groups excluding carboxylic acids is 1. The van der Waals surface area contributed by atoms with Crippen molar-refractivity contribution in [2.45, 2.75) is 187 Å². The van der Waals surface area contributed by atoms with Gasteiger partial charge in [-0.1, -0.05) is 188 Å². The molecule has 350 valence electrons. The van der Waals surface area contributed by atoms with Crippen LogP contribution in [-0.2, 0) is 18.4 Å². The van der Waals surface area contributed by atoms with Crippen LogP contribution < -0.4 is 10.2 Å². The Morgan fingerprint density at radius 3 is 1.46 bits per heavy atom. The highest BCUT2D eigenvalue weighted by Crippen LogP contribution is 2.38. The number of nitrogens with zero attached hydrogens (tertiary/aromatic N) is 1. The molecule has 9 heteroatoms. The number of likely N-dealkylation sites (N-methyl/N-ethyl adjacent to an activating group) is 1. The van der Waals surface area contributed by atoms with Crippen LogP contribution in [0.2, 0.25) is 0 Å². The second-order valence-corrected chi connectivity index (χ2v) is 18.5. The maximum Gasteiger partial charge on any atom is 0.268 e. The molecule has 3 atom stereocenters. The third-order valence-corrected chi connectivity index (χ3v) is 11.1. The molecule has 0 rings (SSSR count). The summed E-state index contributed by atoms with van der Waals surface area (Å²) >= 11 is 0. The summed E-state index contributed by atoms with van der Waals surface area (Å²) in [5.74, 6) is -0.188. The van der Waals surface area contributed by atoms with Crippen molar-refractivity contribution >= 4 is 13.7 Å². The van der Waals surface area contributed by atoms with Gasteiger partial charge in [0.25, 0.3) is 7.82 Å². The molecule has 0 aliphatic carbocycles. The van der Waals surface area contributed by atoms with Crippen molar-refractivity contribution in [3.05, 3.63) is 97.2 Å². The van der Waals surface area contributed by atoms with Crippen LogP contribution in [0.25, 0.3) is 0 Å². The van der Waals surface area contributed by atoms with E-state index in [4.69, 9.17) is 9.05 Å². The van der Waals surface area contributed by atoms with Crippen molar-refractivity contribution in [1.29, 1.82) is 0 Å². The molecule has 61 heavy (non-hydrogen) atoms. The second-order valence-electron chi connectivity index (χ2n) is 17.1. The van der Waals surface area contributed by atoms with E-state index in [1.165, 1.54) is 44.9 Å². The first-order chi connectivity index (χ1) is 29.5. The van der Waals surface area contributed by atoms with Crippen LogP contribution >= 0.6 is 7.82 Å². The van der Waals surface area contributed by atoms with Crippen LogP contribution in [0.1, 0.15) is 174 Å². The number of phosphoric acid groups is 1. The van der Waals surface area contributed by atoms with E-state index in [1.54, 1.807) is 0 Å². The number of quaternary nitrogens is 1. The van der Waals surface area contributed by atoms with Crippen molar-refractivity contribution in [3.63, 3.8) is 0 Å². The molecular weight excluding hydrogens is 780 g/mol. The van der Waals surface area contributed by atoms with Gasteiger partial charge in [0.15, 0.2) is 0 Å². The van der Waals surface area contributed by atoms with Crippen molar-refractivity contribution < 1.29 is 32.9 Å². The zero-order valence-electron chi connectivity index (χ0n) is 39.6. The topological polar surface area (TPSA) is 108 Å². The Labute approximate surface area is 375 Å². The fourth-order valence-electron chi connectivity index (χ4n) is 6.29. The monoisotopic (exact) mass is 871 g/mol. The minimum atomic E-state index is -4.57. The first-order valence-corrected chi connectivity index (χ1v) is 25.5. The molecule has 0 aromatic carbocycles. The SMILES string of the molecule is CC/C=C\C/C=C\C/C=C\C/C=C\C/C=C\C/C=C\C/C=C\C/C=C\CCCCCCCCC(=O)NC(COP(=O)([O-])OCC[N+](C)(C)C)C(O)CCCCCCCCCC. The molecule has 0 bridgehead atoms. The Bertz CT molecular complexity index is 1310. The summed E-state index contributed by atoms with van der Waals surface area (Å²) in [6.45, 7) is 4.53. The number of hydrogen-bond acceptors (Lipinski definition) is 6. The standard InChI is InChI=1S/C52H91N2O6P/c1-6-8-10-12-14-16-17-18-19-20-21-22-23-24-25-26-27-28-29-30-31-32-33-34-35-36-37-38-40-42-44-46-52(56)53-50(49-60-61(57,58)59-48-47-54(3,4)5)51(55)45-43-41-39-15-13-11-9-7-2/h8,10,14,16,18-19,21-22,24-25,27-28,30-31,33-34,50-51,55H,6-7,9,11-13,15,17,20,23,26,29,32,35-49H2,1-5H3,(H-,53,56,57,58)/b10-8-,16-14-,19-18-,22-21-,25-24-,28-27-,31-30-,34-33-. The van der Waals surface area contributed by atoms with E-state index >= 15 is 0 Å². The van der Waals surface area contributed by atoms with Gasteiger partial charge in [-0.3, -0.25) is 9.36 Å². The zero-order chi connectivity index (χ0) is 45.0. The molecule has 3 unspecified atom stereocenters. The molecule has 0 aliphatic heterocycles. The second kappa shape index (κ2) is 42.7. The predicted molar refractivity (Wildman–Crippen MR) is 260 cm³/mol. The minimum Gasteiger partial charge on any atom is -0.756 e. The number of hydrogen-bond donors (Lipinski definition) is 2. The number of unbranched alkanes of at least 4 members (excludes halogenated alkanes) is 13. The largest absolute Gasteiger partial charge is 0.756 e. The molecule has 0 heterocycles. The molecule has 0 aromatic heterocycles. The number of rotatable bonds is 42. The number of phosphoric ester groups is 1. The molecule has 0 aliphatic rings. The molecule has 0 saturated carbocycles. The molecular formula is C52H91N2O6P. The van der Waals surface area contributed by atoms with Crippen LogP contribution in [0.4, 0.5) is 0 Å². The third kappa shape index (κ3) is 45.3. The fourth-order valence-corrected chi connectivity index (χ4v) is 7.01. The number of aliphatic hydroxyl groups excluding tert-OH is 1. The van der Waals surface area contributed by atoms with Crippen LogP contribution in [0.15, 0.2) is 97.2 Å². The van der Waals surface area contributed by atoms with Gasteiger partial charge in [0.05, 0.1) is 39.9 Å². The zero-order valence-corrected chi connectivity index (χ0v) is 40.5. The molecule has 0 radical (unpaired) electrons. The summed E-state index contributed by atoms with van der Waals surface area (Å²) in [4.78, 5) is 25.3. The van der Waals surface area contributed by atoms with Crippen molar-refractivity contribution in [3.8, 4) is 0 Å². The van der Waals surface area contributed by atoms with Crippen LogP contribution in [-0.4, -0.2) is 68.5 Å². The molecule has 0 saturated heterocycles. The lowest BCUT2D eigenvalue weighted by Gasteiger charge is -2.30. The lowest BCUT2D eigenvalue weighted by molar-refractivity contribution is -0.870. The minimum absolute atomic E-state index is 0.00323. The Morgan fingerprint density at radius 1 is 0.590 bits per heavy atom. The van der Waals surface area contributed by atoms with E-state index < -0.39 is 20.0 Å². The first-order valence-electron chi connectivity index (χ1n) is 24.1. The average molecular weight is 871 g/mol. The summed E-state index contributed by atoms with van der Waals surface area (Å²) in [6, 6.07) is -0.813. The first kappa shape index (κ1) is 58.4. The van der Waals surface area contributed by atoms with E-state index in [1.807, 2.05) is 21.1 Å². The van der Waals surface area contributed by atoms with Gasteiger partial charge in [0, 0.05) is 6.42 Å². The van der Waals surface area contributed by atoms with Crippen molar-refractivity contribution in [2.24, 2.45) is 0 Å². The Kier molecular flexibility index (Phi) is 40.9. The highest BCUT2D eigenvalue weighted by molar-refractivity contribution is 7.45. The van der Waals surface area contributed by atoms with Crippen molar-refractivity contribution in [1.82, 2.24) is 5.32 Å². The Hall–Kier alpha value is -2.58. The summed E-state index contributed by atoms with van der Waals surface area (Å²) < 4.78 is 23.2. The predicted octanol–water partition coefficient (Wildman–Crippen LogP) is 13.3. The molecule has 2 N–H and O–H groups in total. The average Bonchev–Trinajstić information content (AvgIpc) is 3.21. The van der Waals surface area contributed by atoms with Crippen molar-refractivity contribution in [2.75, 3.05) is 40.9 Å². The van der Waals surface area contributed by atoms with Gasteiger partial charge in [0.1, 0.15) is 13.2 Å². The number of carbonyl (C=O) groups is 1. The number of nitrogens with one attached hydrogen (secondary N) is 1. The van der Waals surface area contributed by atoms with Gasteiger partial charge < -0.3 is 28.8 Å². The maximum absolute atomic E-state index is 12.8. The summed E-state index contributed by atoms with van der Waals surface area (Å²) in [6.07, 6.45) is 60.1. The Morgan fingerprint density at radius 2 is 1.00 bits per heavy atom.